The van der Waals surface area contributed by atoms with Gasteiger partial charge in [0, 0.05) is 0 Å². The van der Waals surface area contributed by atoms with Crippen molar-refractivity contribution in [1.82, 2.24) is 29.4 Å². The number of hydrogen-bond acceptors (Lipinski definition) is 10. The molecule has 42 heavy (non-hydrogen) atoms. The van der Waals surface area contributed by atoms with Gasteiger partial charge in [0.25, 0.3) is 22.9 Å². The van der Waals surface area contributed by atoms with Crippen LogP contribution in [0.3, 0.4) is 0 Å². The second kappa shape index (κ2) is 11.5. The van der Waals surface area contributed by atoms with Gasteiger partial charge >= 0.3 is 11.9 Å². The summed E-state index contributed by atoms with van der Waals surface area (Å²) in [6.07, 6.45) is 1.97. The fourth-order valence-electron chi connectivity index (χ4n) is 4.12. The van der Waals surface area contributed by atoms with Crippen LogP contribution in [-0.4, -0.2) is 65.8 Å². The Morgan fingerprint density at radius 3 is 1.24 bits per heavy atom. The van der Waals surface area contributed by atoms with Gasteiger partial charge < -0.3 is 20.1 Å². The van der Waals surface area contributed by atoms with Crippen molar-refractivity contribution in [2.24, 2.45) is 11.8 Å². The number of hydrogen-bond donors (Lipinski definition) is 2. The number of esters is 2. The largest absolute Gasteiger partial charge is 0.458 e. The number of ether oxygens (including phenoxy) is 2. The third kappa shape index (κ3) is 6.74. The Labute approximate surface area is 242 Å². The van der Waals surface area contributed by atoms with Crippen LogP contribution in [-0.2, 0) is 19.1 Å². The van der Waals surface area contributed by atoms with Gasteiger partial charge in [0.15, 0.2) is 11.4 Å². The van der Waals surface area contributed by atoms with Crippen molar-refractivity contribution < 1.29 is 28.7 Å². The molecule has 3 rings (SSSR count). The lowest BCUT2D eigenvalue weighted by molar-refractivity contribution is -0.159. The van der Waals surface area contributed by atoms with Crippen LogP contribution in [0.1, 0.15) is 90.2 Å². The lowest BCUT2D eigenvalue weighted by Crippen LogP contribution is -2.47. The van der Waals surface area contributed by atoms with Crippen molar-refractivity contribution in [3.63, 3.8) is 0 Å². The molecule has 0 aliphatic carbocycles. The van der Waals surface area contributed by atoms with E-state index in [1.165, 1.54) is 0 Å². The molecule has 0 radical (unpaired) electrons. The third-order valence-corrected chi connectivity index (χ3v) is 6.04. The molecule has 3 heterocycles. The van der Waals surface area contributed by atoms with Crippen molar-refractivity contribution in [2.45, 2.75) is 92.5 Å². The highest BCUT2D eigenvalue weighted by atomic mass is 16.6. The summed E-state index contributed by atoms with van der Waals surface area (Å²) in [5.41, 5.74) is -4.79. The van der Waals surface area contributed by atoms with E-state index in [2.05, 4.69) is 20.6 Å². The molecule has 14 heteroatoms. The van der Waals surface area contributed by atoms with Gasteiger partial charge in [0.2, 0.25) is 0 Å². The first-order valence-electron chi connectivity index (χ1n) is 13.5. The van der Waals surface area contributed by atoms with E-state index in [0.29, 0.717) is 0 Å². The lowest BCUT2D eigenvalue weighted by Gasteiger charge is -2.26. The third-order valence-electron chi connectivity index (χ3n) is 6.04. The lowest BCUT2D eigenvalue weighted by atomic mass is 10.0. The van der Waals surface area contributed by atoms with Gasteiger partial charge in [-0.05, 0) is 53.4 Å². The van der Waals surface area contributed by atoms with Gasteiger partial charge in [0.1, 0.15) is 47.0 Å². The van der Waals surface area contributed by atoms with Crippen molar-refractivity contribution >= 4 is 34.8 Å². The second-order valence-electron chi connectivity index (χ2n) is 12.7. The molecule has 0 bridgehead atoms. The Kier molecular flexibility index (Phi) is 8.80. The summed E-state index contributed by atoms with van der Waals surface area (Å²) >= 11 is 0. The highest BCUT2D eigenvalue weighted by Crippen LogP contribution is 2.16. The Hall–Kier alpha value is -4.36. The molecule has 3 aromatic rings. The Balaban J connectivity index is 2.01. The van der Waals surface area contributed by atoms with E-state index in [0.717, 1.165) is 21.5 Å². The maximum absolute atomic E-state index is 13.4. The predicted molar refractivity (Wildman–Crippen MR) is 152 cm³/mol. The highest BCUT2D eigenvalue weighted by molar-refractivity contribution is 6.02. The summed E-state index contributed by atoms with van der Waals surface area (Å²) < 4.78 is 12.5. The smallest absolute Gasteiger partial charge is 0.329 e. The van der Waals surface area contributed by atoms with Gasteiger partial charge in [-0.2, -0.15) is 0 Å². The van der Waals surface area contributed by atoms with Gasteiger partial charge in [0.05, 0.1) is 0 Å². The van der Waals surface area contributed by atoms with Crippen LogP contribution in [0.5, 0.6) is 0 Å². The molecule has 0 aliphatic rings. The summed E-state index contributed by atoms with van der Waals surface area (Å²) in [4.78, 5) is 86.6. The first kappa shape index (κ1) is 32.2. The molecule has 0 fully saturated rings. The molecule has 0 unspecified atom stereocenters. The molecule has 228 valence electrons. The summed E-state index contributed by atoms with van der Waals surface area (Å²) in [6.45, 7) is 17.0. The zero-order chi connectivity index (χ0) is 31.9. The van der Waals surface area contributed by atoms with E-state index in [1.54, 1.807) is 69.2 Å². The Bertz CT molecular complexity index is 1520. The van der Waals surface area contributed by atoms with E-state index < -0.39 is 69.5 Å². The fourth-order valence-corrected chi connectivity index (χ4v) is 4.12. The Morgan fingerprint density at radius 1 is 0.667 bits per heavy atom. The number of amides is 2. The van der Waals surface area contributed by atoms with Crippen LogP contribution < -0.4 is 21.8 Å². The minimum Gasteiger partial charge on any atom is -0.458 e. The highest BCUT2D eigenvalue weighted by Gasteiger charge is 2.33. The molecule has 0 saturated carbocycles. The van der Waals surface area contributed by atoms with E-state index in [9.17, 15) is 28.8 Å². The normalized spacial score (nSPS) is 13.8. The van der Waals surface area contributed by atoms with Crippen LogP contribution >= 0.6 is 0 Å². The Morgan fingerprint density at radius 2 is 0.976 bits per heavy atom. The first-order chi connectivity index (χ1) is 19.2. The van der Waals surface area contributed by atoms with Crippen LogP contribution in [0.25, 0.3) is 11.0 Å². The first-order valence-corrected chi connectivity index (χ1v) is 13.5. The topological polar surface area (TPSA) is 180 Å². The number of carbonyl (C=O) groups excluding carboxylic acids is 4. The summed E-state index contributed by atoms with van der Waals surface area (Å²) in [5.74, 6) is -3.80. The summed E-state index contributed by atoms with van der Waals surface area (Å²) in [5, 5.41) is 5.09. The number of nitrogens with one attached hydrogen (secondary N) is 2. The average molecular weight is 587 g/mol. The quantitative estimate of drug-likeness (QED) is 0.366. The molecular formula is C28H38N6O8. The number of fused-ring (bicyclic) bond motifs is 2. The molecular weight excluding hydrogens is 548 g/mol. The monoisotopic (exact) mass is 586 g/mol. The number of rotatable bonds is 8. The van der Waals surface area contributed by atoms with E-state index in [-0.39, 0.29) is 22.9 Å². The molecule has 2 N–H and O–H groups in total. The second-order valence-corrected chi connectivity index (χ2v) is 12.7. The summed E-state index contributed by atoms with van der Waals surface area (Å²) in [7, 11) is 0. The van der Waals surface area contributed by atoms with Gasteiger partial charge in [-0.1, -0.05) is 27.7 Å². The SMILES string of the molecule is CC(C)[C@H](NC(=O)c1ncn2c(=O)c3c(C(=O)N[C@H](C(=O)OC(C)(C)C)C(C)C)ncn3c(=O)c12)C(=O)OC(C)(C)C. The predicted octanol–water partition coefficient (Wildman–Crippen LogP) is 1.33. The maximum atomic E-state index is 13.4. The zero-order valence-electron chi connectivity index (χ0n) is 25.5. The minimum absolute atomic E-state index is 0.365. The van der Waals surface area contributed by atoms with Crippen molar-refractivity contribution in [2.75, 3.05) is 0 Å². The van der Waals surface area contributed by atoms with E-state index in [1.807, 2.05) is 0 Å². The molecule has 2 atom stereocenters. The van der Waals surface area contributed by atoms with Crippen molar-refractivity contribution in [1.29, 1.82) is 0 Å². The maximum Gasteiger partial charge on any atom is 0.329 e. The molecule has 14 nitrogen and oxygen atoms in total. The van der Waals surface area contributed by atoms with Crippen LogP contribution in [0.4, 0.5) is 0 Å². The summed E-state index contributed by atoms with van der Waals surface area (Å²) in [6, 6.07) is -2.11. The van der Waals surface area contributed by atoms with E-state index in [4.69, 9.17) is 9.47 Å². The van der Waals surface area contributed by atoms with E-state index >= 15 is 0 Å². The van der Waals surface area contributed by atoms with Crippen molar-refractivity contribution in [3.05, 3.63) is 44.8 Å². The molecule has 0 aromatic carbocycles. The molecule has 0 aliphatic heterocycles. The number of carbonyl (C=O) groups is 4. The van der Waals surface area contributed by atoms with Gasteiger partial charge in [-0.15, -0.1) is 0 Å². The minimum atomic E-state index is -1.05. The fraction of sp³-hybridized carbons (Fsp3) is 0.571. The average Bonchev–Trinajstić information content (AvgIpc) is 3.47. The number of imidazole rings is 2. The van der Waals surface area contributed by atoms with Gasteiger partial charge in [-0.3, -0.25) is 28.0 Å². The number of nitrogens with zero attached hydrogens (tertiary/aromatic N) is 4. The molecule has 0 saturated heterocycles. The van der Waals surface area contributed by atoms with Crippen LogP contribution in [0, 0.1) is 11.8 Å². The van der Waals surface area contributed by atoms with Crippen LogP contribution in [0.15, 0.2) is 22.2 Å². The molecule has 3 aromatic heterocycles. The zero-order valence-corrected chi connectivity index (χ0v) is 25.5. The molecule has 2 amide bonds. The standard InChI is InChI=1S/C28H38N6O8/c1-13(2)15(25(39)41-27(5,6)7)31-21(35)17-19-23(37)34-12-30-18(20(34)24(38)33(19)11-29-17)22(36)32-16(14(3)4)26(40)42-28(8,9)10/h11-16H,1-10H3,(H,31,35)(H,32,36)/t15-,16-/m0/s1. The molecule has 0 spiro atoms. The van der Waals surface area contributed by atoms with Gasteiger partial charge in [-0.25, -0.2) is 19.6 Å². The van der Waals surface area contributed by atoms with Crippen molar-refractivity contribution in [3.8, 4) is 0 Å². The van der Waals surface area contributed by atoms with Crippen LogP contribution in [0.2, 0.25) is 0 Å². The number of aromatic nitrogens is 4.